The van der Waals surface area contributed by atoms with Crippen molar-refractivity contribution in [1.82, 2.24) is 24.3 Å². The lowest BCUT2D eigenvalue weighted by molar-refractivity contribution is 0.0929. The Hall–Kier alpha value is -3.24. The van der Waals surface area contributed by atoms with E-state index < -0.39 is 0 Å². The van der Waals surface area contributed by atoms with Gasteiger partial charge in [-0.2, -0.15) is 0 Å². The summed E-state index contributed by atoms with van der Waals surface area (Å²) in [5.74, 6) is -0.214. The summed E-state index contributed by atoms with van der Waals surface area (Å²) in [5, 5.41) is 6.46. The minimum Gasteiger partial charge on any atom is -0.383 e. The number of hydrogen-bond acceptors (Lipinski definition) is 7. The Kier molecular flexibility index (Phi) is 5.16. The standard InChI is InChI=1S/C21H22N6O3S/c1-30-10-9-26-16(12-15-18(26)24-17-4-2-3-7-27(17)20(15)29)19(28)23-14-5-8-25(13-14)21-22-6-11-31-21/h2-4,6-7,11-12,14H,5,8-10,13H2,1H3,(H,23,28)/t14-/m0/s1. The average molecular weight is 439 g/mol. The molecule has 1 aliphatic rings. The Labute approximate surface area is 181 Å². The molecule has 1 fully saturated rings. The van der Waals surface area contributed by atoms with Crippen LogP contribution in [0.25, 0.3) is 16.7 Å². The third kappa shape index (κ3) is 3.57. The van der Waals surface area contributed by atoms with Gasteiger partial charge in [0.1, 0.15) is 17.0 Å². The van der Waals surface area contributed by atoms with Crippen molar-refractivity contribution in [3.8, 4) is 0 Å². The number of carbonyl (C=O) groups is 1. The molecule has 1 atom stereocenters. The van der Waals surface area contributed by atoms with Crippen molar-refractivity contribution in [2.24, 2.45) is 0 Å². The molecule has 1 saturated heterocycles. The van der Waals surface area contributed by atoms with Crippen LogP contribution in [0.4, 0.5) is 5.13 Å². The smallest absolute Gasteiger partial charge is 0.268 e. The van der Waals surface area contributed by atoms with Gasteiger partial charge in [-0.3, -0.25) is 14.0 Å². The Morgan fingerprint density at radius 1 is 1.39 bits per heavy atom. The quantitative estimate of drug-likeness (QED) is 0.493. The first-order valence-electron chi connectivity index (χ1n) is 10.1. The molecule has 10 heteroatoms. The van der Waals surface area contributed by atoms with Crippen LogP contribution in [-0.2, 0) is 11.3 Å². The molecule has 1 amide bonds. The van der Waals surface area contributed by atoms with Crippen molar-refractivity contribution >= 4 is 39.1 Å². The van der Waals surface area contributed by atoms with Gasteiger partial charge >= 0.3 is 0 Å². The zero-order valence-electron chi connectivity index (χ0n) is 17.0. The Morgan fingerprint density at radius 2 is 2.29 bits per heavy atom. The van der Waals surface area contributed by atoms with Gasteiger partial charge in [-0.15, -0.1) is 11.3 Å². The SMILES string of the molecule is COCCn1c(C(=O)N[C@H]2CCN(c3nccs3)C2)cc2c(=O)n3ccccc3nc21. The third-order valence-corrected chi connectivity index (χ3v) is 6.37. The molecule has 0 saturated carbocycles. The summed E-state index contributed by atoms with van der Waals surface area (Å²) in [5.41, 5.74) is 1.26. The predicted molar refractivity (Wildman–Crippen MR) is 119 cm³/mol. The summed E-state index contributed by atoms with van der Waals surface area (Å²) in [6.07, 6.45) is 4.31. The second-order valence-corrected chi connectivity index (χ2v) is 8.35. The van der Waals surface area contributed by atoms with E-state index in [0.717, 1.165) is 18.1 Å². The van der Waals surface area contributed by atoms with Crippen LogP contribution < -0.4 is 15.8 Å². The molecule has 160 valence electrons. The summed E-state index contributed by atoms with van der Waals surface area (Å²) < 4.78 is 8.50. The summed E-state index contributed by atoms with van der Waals surface area (Å²) in [6, 6.07) is 7.05. The molecule has 0 bridgehead atoms. The molecule has 5 heterocycles. The molecule has 31 heavy (non-hydrogen) atoms. The summed E-state index contributed by atoms with van der Waals surface area (Å²) in [7, 11) is 1.61. The van der Waals surface area contributed by atoms with Crippen molar-refractivity contribution in [3.05, 3.63) is 58.1 Å². The van der Waals surface area contributed by atoms with Gasteiger partial charge in [-0.1, -0.05) is 6.07 Å². The molecule has 9 nitrogen and oxygen atoms in total. The number of thiazole rings is 1. The van der Waals surface area contributed by atoms with Crippen LogP contribution in [0, 0.1) is 0 Å². The summed E-state index contributed by atoms with van der Waals surface area (Å²) >= 11 is 1.59. The highest BCUT2D eigenvalue weighted by molar-refractivity contribution is 7.13. The highest BCUT2D eigenvalue weighted by atomic mass is 32.1. The maximum atomic E-state index is 13.2. The maximum absolute atomic E-state index is 13.2. The molecule has 0 spiro atoms. The van der Waals surface area contributed by atoms with E-state index in [1.54, 1.807) is 53.6 Å². The fraction of sp³-hybridized carbons (Fsp3) is 0.333. The van der Waals surface area contributed by atoms with Gasteiger partial charge in [-0.25, -0.2) is 9.97 Å². The number of anilines is 1. The number of amides is 1. The van der Waals surface area contributed by atoms with Gasteiger partial charge < -0.3 is 19.5 Å². The van der Waals surface area contributed by atoms with Crippen LogP contribution in [0.1, 0.15) is 16.9 Å². The predicted octanol–water partition coefficient (Wildman–Crippen LogP) is 1.76. The van der Waals surface area contributed by atoms with Gasteiger partial charge in [0, 0.05) is 50.6 Å². The van der Waals surface area contributed by atoms with Gasteiger partial charge in [0.05, 0.1) is 12.0 Å². The number of rotatable bonds is 6. The van der Waals surface area contributed by atoms with Crippen molar-refractivity contribution < 1.29 is 9.53 Å². The van der Waals surface area contributed by atoms with Crippen LogP contribution in [0.5, 0.6) is 0 Å². The van der Waals surface area contributed by atoms with Crippen LogP contribution in [-0.4, -0.2) is 57.7 Å². The van der Waals surface area contributed by atoms with Gasteiger partial charge in [-0.05, 0) is 24.6 Å². The molecule has 0 aliphatic carbocycles. The van der Waals surface area contributed by atoms with Crippen molar-refractivity contribution in [1.29, 1.82) is 0 Å². The second-order valence-electron chi connectivity index (χ2n) is 7.48. The van der Waals surface area contributed by atoms with Crippen molar-refractivity contribution in [3.63, 3.8) is 0 Å². The first-order valence-corrected chi connectivity index (χ1v) is 11.0. The Balaban J connectivity index is 1.48. The topological polar surface area (TPSA) is 93.8 Å². The average Bonchev–Trinajstić information content (AvgIpc) is 3.52. The van der Waals surface area contributed by atoms with E-state index in [-0.39, 0.29) is 17.5 Å². The van der Waals surface area contributed by atoms with E-state index in [1.165, 1.54) is 4.40 Å². The summed E-state index contributed by atoms with van der Waals surface area (Å²) in [6.45, 7) is 2.39. The molecule has 0 unspecified atom stereocenters. The highest BCUT2D eigenvalue weighted by Gasteiger charge is 2.27. The molecular weight excluding hydrogens is 416 g/mol. The molecule has 0 aromatic carbocycles. The number of nitrogens with one attached hydrogen (secondary N) is 1. The number of methoxy groups -OCH3 is 1. The number of ether oxygens (including phenoxy) is 1. The lowest BCUT2D eigenvalue weighted by Gasteiger charge is -2.16. The number of fused-ring (bicyclic) bond motifs is 2. The number of pyridine rings is 1. The highest BCUT2D eigenvalue weighted by Crippen LogP contribution is 2.23. The number of nitrogens with zero attached hydrogens (tertiary/aromatic N) is 5. The Bertz CT molecular complexity index is 1300. The fourth-order valence-corrected chi connectivity index (χ4v) is 4.71. The number of aromatic nitrogens is 4. The zero-order valence-corrected chi connectivity index (χ0v) is 17.8. The molecule has 1 N–H and O–H groups in total. The van der Waals surface area contributed by atoms with Crippen molar-refractivity contribution in [2.45, 2.75) is 19.0 Å². The Morgan fingerprint density at radius 3 is 3.10 bits per heavy atom. The normalized spacial score (nSPS) is 16.4. The minimum atomic E-state index is -0.214. The van der Waals surface area contributed by atoms with Crippen molar-refractivity contribution in [2.75, 3.05) is 31.7 Å². The first-order chi connectivity index (χ1) is 15.2. The first kappa shape index (κ1) is 19.7. The van der Waals surface area contributed by atoms with Crippen LogP contribution in [0.3, 0.4) is 0 Å². The van der Waals surface area contributed by atoms with Gasteiger partial charge in [0.2, 0.25) is 0 Å². The van der Waals surface area contributed by atoms with E-state index in [0.29, 0.717) is 42.1 Å². The molecule has 4 aromatic heterocycles. The lowest BCUT2D eigenvalue weighted by Crippen LogP contribution is -2.38. The van der Waals surface area contributed by atoms with Crippen LogP contribution in [0.2, 0.25) is 0 Å². The zero-order chi connectivity index (χ0) is 21.4. The van der Waals surface area contributed by atoms with E-state index in [9.17, 15) is 9.59 Å². The van der Waals surface area contributed by atoms with Crippen LogP contribution in [0.15, 0.2) is 46.8 Å². The molecule has 0 radical (unpaired) electrons. The van der Waals surface area contributed by atoms with E-state index in [2.05, 4.69) is 20.2 Å². The molecular formula is C21H22N6O3S. The molecule has 5 rings (SSSR count). The number of hydrogen-bond donors (Lipinski definition) is 1. The summed E-state index contributed by atoms with van der Waals surface area (Å²) in [4.78, 5) is 37.4. The fourth-order valence-electron chi connectivity index (χ4n) is 4.03. The van der Waals surface area contributed by atoms with E-state index in [4.69, 9.17) is 4.74 Å². The van der Waals surface area contributed by atoms with Crippen LogP contribution >= 0.6 is 11.3 Å². The number of carbonyl (C=O) groups excluding carboxylic acids is 1. The molecule has 4 aromatic rings. The third-order valence-electron chi connectivity index (χ3n) is 5.54. The largest absolute Gasteiger partial charge is 0.383 e. The lowest BCUT2D eigenvalue weighted by atomic mass is 10.2. The van der Waals surface area contributed by atoms with E-state index >= 15 is 0 Å². The maximum Gasteiger partial charge on any atom is 0.268 e. The molecule has 1 aliphatic heterocycles. The second kappa shape index (κ2) is 8.12. The van der Waals surface area contributed by atoms with Gasteiger partial charge in [0.15, 0.2) is 5.13 Å². The monoisotopic (exact) mass is 438 g/mol. The van der Waals surface area contributed by atoms with E-state index in [1.807, 2.05) is 11.4 Å². The minimum absolute atomic E-state index is 0.0124. The van der Waals surface area contributed by atoms with Gasteiger partial charge in [0.25, 0.3) is 11.5 Å².